The van der Waals surface area contributed by atoms with Crippen LogP contribution in [0.25, 0.3) is 0 Å². The number of aromatic nitrogens is 1. The van der Waals surface area contributed by atoms with E-state index in [1.54, 1.807) is 35.2 Å². The quantitative estimate of drug-likeness (QED) is 0.283. The first-order valence-corrected chi connectivity index (χ1v) is 15.2. The summed E-state index contributed by atoms with van der Waals surface area (Å²) in [5.41, 5.74) is 8.73. The molecule has 1 amide bonds. The Hall–Kier alpha value is -3.50. The highest BCUT2D eigenvalue weighted by molar-refractivity contribution is 7.89. The van der Waals surface area contributed by atoms with Crippen LogP contribution in [-0.2, 0) is 27.7 Å². The molecule has 0 spiro atoms. The van der Waals surface area contributed by atoms with Gasteiger partial charge in [0.1, 0.15) is 10.9 Å². The second-order valence-electron chi connectivity index (χ2n) is 10.5. The average Bonchev–Trinajstić information content (AvgIpc) is 2.95. The van der Waals surface area contributed by atoms with E-state index in [1.807, 2.05) is 37.3 Å². The van der Waals surface area contributed by atoms with Gasteiger partial charge in [0.25, 0.3) is 0 Å². The van der Waals surface area contributed by atoms with E-state index in [0.717, 1.165) is 11.1 Å². The number of nitrogens with one attached hydrogen (secondary N) is 2. The zero-order valence-electron chi connectivity index (χ0n) is 22.8. The Labute approximate surface area is 236 Å². The molecule has 0 unspecified atom stereocenters. The molecular formula is C30H38FN5O3S. The lowest BCUT2D eigenvalue weighted by Crippen LogP contribution is -2.51. The van der Waals surface area contributed by atoms with Crippen molar-refractivity contribution in [2.24, 2.45) is 5.92 Å². The van der Waals surface area contributed by atoms with Crippen LogP contribution in [0.15, 0.2) is 78.0 Å². The maximum atomic E-state index is 13.7. The SMILES string of the molecule is C[C@H](Cc1ccccc1)Nc1ccncc1S(=O)(=O)N[C@@H](Cc1ccc(N)cc1)C(=O)N1CCC(CCF)CC1. The summed E-state index contributed by atoms with van der Waals surface area (Å²) >= 11 is 0. The monoisotopic (exact) mass is 567 g/mol. The Bertz CT molecular complexity index is 1350. The number of amides is 1. The molecule has 0 aliphatic carbocycles. The van der Waals surface area contributed by atoms with Crippen molar-refractivity contribution in [1.29, 1.82) is 0 Å². The lowest BCUT2D eigenvalue weighted by molar-refractivity contribution is -0.134. The lowest BCUT2D eigenvalue weighted by Gasteiger charge is -2.34. The first-order chi connectivity index (χ1) is 19.2. The van der Waals surface area contributed by atoms with Crippen LogP contribution in [0.4, 0.5) is 15.8 Å². The summed E-state index contributed by atoms with van der Waals surface area (Å²) in [6, 6.07) is 17.5. The second kappa shape index (κ2) is 13.7. The van der Waals surface area contributed by atoms with Crippen molar-refractivity contribution >= 4 is 27.3 Å². The third-order valence-corrected chi connectivity index (χ3v) is 8.82. The molecule has 10 heteroatoms. The molecule has 0 bridgehead atoms. The number of alkyl halides is 1. The molecule has 40 heavy (non-hydrogen) atoms. The molecule has 1 aliphatic heterocycles. The van der Waals surface area contributed by atoms with Crippen molar-refractivity contribution in [2.75, 3.05) is 30.8 Å². The minimum atomic E-state index is -4.14. The van der Waals surface area contributed by atoms with Gasteiger partial charge in [-0.15, -0.1) is 0 Å². The molecule has 2 atom stereocenters. The van der Waals surface area contributed by atoms with Crippen molar-refractivity contribution in [3.8, 4) is 0 Å². The van der Waals surface area contributed by atoms with Gasteiger partial charge in [-0.25, -0.2) is 8.42 Å². The fraction of sp³-hybridized carbons (Fsp3) is 0.400. The van der Waals surface area contributed by atoms with E-state index in [2.05, 4.69) is 15.0 Å². The van der Waals surface area contributed by atoms with Gasteiger partial charge in [0.2, 0.25) is 15.9 Å². The lowest BCUT2D eigenvalue weighted by atomic mass is 9.93. The van der Waals surface area contributed by atoms with Crippen molar-refractivity contribution in [3.63, 3.8) is 0 Å². The number of nitrogens with two attached hydrogens (primary N) is 1. The van der Waals surface area contributed by atoms with Gasteiger partial charge >= 0.3 is 0 Å². The first-order valence-electron chi connectivity index (χ1n) is 13.7. The zero-order chi connectivity index (χ0) is 28.5. The molecule has 214 valence electrons. The fourth-order valence-corrected chi connectivity index (χ4v) is 6.44. The molecule has 2 aromatic carbocycles. The number of hydrogen-bond donors (Lipinski definition) is 3. The third-order valence-electron chi connectivity index (χ3n) is 7.32. The number of hydrogen-bond acceptors (Lipinski definition) is 6. The number of carbonyl (C=O) groups is 1. The molecule has 0 saturated carbocycles. The number of sulfonamides is 1. The topological polar surface area (TPSA) is 117 Å². The van der Waals surface area contributed by atoms with Gasteiger partial charge in [-0.1, -0.05) is 42.5 Å². The second-order valence-corrected chi connectivity index (χ2v) is 12.2. The van der Waals surface area contributed by atoms with Crippen LogP contribution in [0, 0.1) is 5.92 Å². The highest BCUT2D eigenvalue weighted by Gasteiger charge is 2.33. The van der Waals surface area contributed by atoms with Crippen molar-refractivity contribution in [3.05, 3.63) is 84.2 Å². The number of nitrogen functional groups attached to an aromatic ring is 1. The van der Waals surface area contributed by atoms with Gasteiger partial charge < -0.3 is 16.0 Å². The highest BCUT2D eigenvalue weighted by Crippen LogP contribution is 2.24. The summed E-state index contributed by atoms with van der Waals surface area (Å²) in [6.07, 6.45) is 5.59. The zero-order valence-corrected chi connectivity index (χ0v) is 23.6. The van der Waals surface area contributed by atoms with E-state index in [4.69, 9.17) is 5.73 Å². The van der Waals surface area contributed by atoms with Crippen molar-refractivity contribution in [2.45, 2.75) is 56.0 Å². The third kappa shape index (κ3) is 8.02. The Kier molecular flexibility index (Phi) is 10.1. The summed E-state index contributed by atoms with van der Waals surface area (Å²) in [4.78, 5) is 19.4. The van der Waals surface area contributed by atoms with Gasteiger partial charge in [0.15, 0.2) is 0 Å². The summed E-state index contributed by atoms with van der Waals surface area (Å²) in [5.74, 6) is -0.0573. The van der Waals surface area contributed by atoms with Gasteiger partial charge in [-0.3, -0.25) is 14.2 Å². The molecule has 1 aromatic heterocycles. The Morgan fingerprint density at radius 2 is 1.73 bits per heavy atom. The van der Waals surface area contributed by atoms with Crippen LogP contribution in [0.5, 0.6) is 0 Å². The van der Waals surface area contributed by atoms with Crippen LogP contribution >= 0.6 is 0 Å². The van der Waals surface area contributed by atoms with Crippen LogP contribution in [0.2, 0.25) is 0 Å². The molecule has 1 fully saturated rings. The molecule has 0 radical (unpaired) electrons. The molecule has 1 aliphatic rings. The fourth-order valence-electron chi connectivity index (χ4n) is 5.13. The number of benzene rings is 2. The largest absolute Gasteiger partial charge is 0.399 e. The van der Waals surface area contributed by atoms with Gasteiger partial charge in [0, 0.05) is 37.2 Å². The number of nitrogens with zero attached hydrogens (tertiary/aromatic N) is 2. The Morgan fingerprint density at radius 3 is 2.40 bits per heavy atom. The van der Waals surface area contributed by atoms with Gasteiger partial charge in [-0.2, -0.15) is 4.72 Å². The summed E-state index contributed by atoms with van der Waals surface area (Å²) in [6.45, 7) is 2.56. The normalized spacial score (nSPS) is 15.9. The number of carbonyl (C=O) groups excluding carboxylic acids is 1. The minimum absolute atomic E-state index is 0.0216. The molecule has 1 saturated heterocycles. The Balaban J connectivity index is 1.54. The van der Waals surface area contributed by atoms with Crippen molar-refractivity contribution in [1.82, 2.24) is 14.6 Å². The average molecular weight is 568 g/mol. The number of rotatable bonds is 12. The number of likely N-dealkylation sites (tertiary alicyclic amines) is 1. The van der Waals surface area contributed by atoms with Gasteiger partial charge in [-0.05, 0) is 74.3 Å². The predicted molar refractivity (Wildman–Crippen MR) is 156 cm³/mol. The number of piperidine rings is 1. The van der Waals surface area contributed by atoms with E-state index in [9.17, 15) is 17.6 Å². The van der Waals surface area contributed by atoms with E-state index in [1.165, 1.54) is 12.4 Å². The number of halogens is 1. The Morgan fingerprint density at radius 1 is 1.05 bits per heavy atom. The molecular weight excluding hydrogens is 529 g/mol. The summed E-state index contributed by atoms with van der Waals surface area (Å²) in [5, 5.41) is 3.30. The van der Waals surface area contributed by atoms with E-state index in [-0.39, 0.29) is 35.9 Å². The molecule has 4 rings (SSSR count). The van der Waals surface area contributed by atoms with E-state index < -0.39 is 16.1 Å². The standard InChI is InChI=1S/C30H38FN5O3S/c1-22(19-24-5-3-2-4-6-24)34-27-12-16-33-21-29(27)40(38,39)35-28(20-25-7-9-26(32)10-8-25)30(37)36-17-13-23(11-15-31)14-18-36/h2-10,12,16,21-23,28,35H,11,13-15,17-20,32H2,1H3,(H,33,34)/t22-,28+/m1/s1. The van der Waals surface area contributed by atoms with E-state index in [0.29, 0.717) is 50.1 Å². The van der Waals surface area contributed by atoms with E-state index >= 15 is 0 Å². The first kappa shape index (κ1) is 29.5. The molecule has 2 heterocycles. The van der Waals surface area contributed by atoms with Crippen LogP contribution < -0.4 is 15.8 Å². The minimum Gasteiger partial charge on any atom is -0.399 e. The number of pyridine rings is 1. The van der Waals surface area contributed by atoms with Crippen LogP contribution in [0.1, 0.15) is 37.3 Å². The van der Waals surface area contributed by atoms with Gasteiger partial charge in [0.05, 0.1) is 12.4 Å². The number of anilines is 2. The molecule has 4 N–H and O–H groups in total. The predicted octanol–water partition coefficient (Wildman–Crippen LogP) is 4.19. The highest BCUT2D eigenvalue weighted by atomic mass is 32.2. The molecule has 3 aromatic rings. The maximum Gasteiger partial charge on any atom is 0.244 e. The smallest absolute Gasteiger partial charge is 0.244 e. The van der Waals surface area contributed by atoms with Crippen LogP contribution in [-0.4, -0.2) is 56.1 Å². The summed E-state index contributed by atoms with van der Waals surface area (Å²) < 4.78 is 43.0. The summed E-state index contributed by atoms with van der Waals surface area (Å²) in [7, 11) is -4.14. The maximum absolute atomic E-state index is 13.7. The van der Waals surface area contributed by atoms with Crippen LogP contribution in [0.3, 0.4) is 0 Å². The van der Waals surface area contributed by atoms with Crippen molar-refractivity contribution < 1.29 is 17.6 Å². The molecule has 8 nitrogen and oxygen atoms in total.